The van der Waals surface area contributed by atoms with Crippen LogP contribution in [0, 0.1) is 11.6 Å². The zero-order chi connectivity index (χ0) is 25.7. The number of aromatic nitrogens is 1. The summed E-state index contributed by atoms with van der Waals surface area (Å²) in [7, 11) is 0. The Morgan fingerprint density at radius 1 is 1.00 bits per heavy atom. The Labute approximate surface area is 212 Å². The molecule has 3 amide bonds. The summed E-state index contributed by atoms with van der Waals surface area (Å²) in [6, 6.07) is 12.6. The number of carbonyl (C=O) groups is 3. The highest BCUT2D eigenvalue weighted by Crippen LogP contribution is 2.33. The number of hydrogen-bond donors (Lipinski definition) is 1. The molecule has 3 aliphatic heterocycles. The van der Waals surface area contributed by atoms with Crippen molar-refractivity contribution in [2.24, 2.45) is 0 Å². The summed E-state index contributed by atoms with van der Waals surface area (Å²) in [5, 5.41) is 2.32. The minimum atomic E-state index is -0.647. The molecule has 1 aromatic heterocycles. The topological polar surface area (TPSA) is 82.6 Å². The van der Waals surface area contributed by atoms with Crippen molar-refractivity contribution in [3.05, 3.63) is 88.6 Å². The van der Waals surface area contributed by atoms with Crippen LogP contribution in [0.3, 0.4) is 0 Å². The molecule has 188 valence electrons. The number of pyridine rings is 1. The van der Waals surface area contributed by atoms with Gasteiger partial charge in [0.05, 0.1) is 5.69 Å². The van der Waals surface area contributed by atoms with Crippen molar-refractivity contribution in [3.63, 3.8) is 0 Å². The SMILES string of the molecule is O=C1CCC(N2Cc3cc(-c4cc(CN5CC(c6ccc(F)cc6F)C5)ccn4)ccc3C2=O)C(=O)N1. The average Bonchev–Trinajstić information content (AvgIpc) is 3.17. The third-order valence-electron chi connectivity index (χ3n) is 7.41. The van der Waals surface area contributed by atoms with Crippen LogP contribution in [0.2, 0.25) is 0 Å². The van der Waals surface area contributed by atoms with Crippen LogP contribution < -0.4 is 5.32 Å². The Bertz CT molecular complexity index is 1440. The third kappa shape index (κ3) is 4.40. The minimum absolute atomic E-state index is 0.0449. The number of amides is 3. The summed E-state index contributed by atoms with van der Waals surface area (Å²) < 4.78 is 27.3. The van der Waals surface area contributed by atoms with Gasteiger partial charge in [-0.15, -0.1) is 0 Å². The maximum Gasteiger partial charge on any atom is 0.255 e. The number of fused-ring (bicyclic) bond motifs is 1. The quantitative estimate of drug-likeness (QED) is 0.541. The number of imide groups is 1. The maximum absolute atomic E-state index is 14.1. The van der Waals surface area contributed by atoms with E-state index in [2.05, 4.69) is 15.2 Å². The second-order valence-corrected chi connectivity index (χ2v) is 9.88. The molecule has 37 heavy (non-hydrogen) atoms. The zero-order valence-electron chi connectivity index (χ0n) is 19.9. The first-order chi connectivity index (χ1) is 17.9. The van der Waals surface area contributed by atoms with Crippen LogP contribution in [0.25, 0.3) is 11.3 Å². The summed E-state index contributed by atoms with van der Waals surface area (Å²) >= 11 is 0. The van der Waals surface area contributed by atoms with Crippen LogP contribution in [0.4, 0.5) is 8.78 Å². The highest BCUT2D eigenvalue weighted by molar-refractivity contribution is 6.05. The lowest BCUT2D eigenvalue weighted by atomic mass is 9.90. The van der Waals surface area contributed by atoms with Gasteiger partial charge in [-0.2, -0.15) is 0 Å². The van der Waals surface area contributed by atoms with Crippen molar-refractivity contribution in [1.29, 1.82) is 0 Å². The molecule has 0 aliphatic carbocycles. The fraction of sp³-hybridized carbons (Fsp3) is 0.286. The van der Waals surface area contributed by atoms with Crippen molar-refractivity contribution in [3.8, 4) is 11.3 Å². The molecule has 1 atom stereocenters. The number of halogens is 2. The van der Waals surface area contributed by atoms with E-state index < -0.39 is 23.6 Å². The van der Waals surface area contributed by atoms with E-state index >= 15 is 0 Å². The number of rotatable bonds is 5. The van der Waals surface area contributed by atoms with Crippen LogP contribution in [0.15, 0.2) is 54.7 Å². The molecule has 0 radical (unpaired) electrons. The first-order valence-corrected chi connectivity index (χ1v) is 12.3. The zero-order valence-corrected chi connectivity index (χ0v) is 19.9. The standard InChI is InChI=1S/C28H24F2N4O3/c29-20-2-4-21(23(30)11-20)19-13-33(14-19)12-16-7-8-31-24(9-16)17-1-3-22-18(10-17)15-34(28(22)37)25-5-6-26(35)32-27(25)36/h1-4,7-11,19,25H,5-6,12-15H2,(H,32,35,36). The lowest BCUT2D eigenvalue weighted by Crippen LogP contribution is -2.52. The molecule has 2 aromatic carbocycles. The van der Waals surface area contributed by atoms with Gasteiger partial charge in [-0.3, -0.25) is 29.6 Å². The number of likely N-dealkylation sites (tertiary alicyclic amines) is 1. The Morgan fingerprint density at radius 3 is 2.62 bits per heavy atom. The van der Waals surface area contributed by atoms with Gasteiger partial charge in [-0.05, 0) is 53.4 Å². The van der Waals surface area contributed by atoms with Crippen molar-refractivity contribution >= 4 is 17.7 Å². The smallest absolute Gasteiger partial charge is 0.255 e. The van der Waals surface area contributed by atoms with Crippen molar-refractivity contribution in [2.75, 3.05) is 13.1 Å². The van der Waals surface area contributed by atoms with Gasteiger partial charge in [0, 0.05) is 61.9 Å². The monoisotopic (exact) mass is 502 g/mol. The van der Waals surface area contributed by atoms with Crippen LogP contribution in [0.1, 0.15) is 45.8 Å². The van der Waals surface area contributed by atoms with Gasteiger partial charge in [-0.25, -0.2) is 8.78 Å². The minimum Gasteiger partial charge on any atom is -0.322 e. The molecule has 3 aromatic rings. The normalized spacial score (nSPS) is 20.1. The molecule has 0 bridgehead atoms. The van der Waals surface area contributed by atoms with Gasteiger partial charge >= 0.3 is 0 Å². The van der Waals surface area contributed by atoms with Crippen molar-refractivity contribution in [2.45, 2.75) is 37.9 Å². The first kappa shape index (κ1) is 23.4. The van der Waals surface area contributed by atoms with E-state index in [9.17, 15) is 23.2 Å². The first-order valence-electron chi connectivity index (χ1n) is 12.3. The largest absolute Gasteiger partial charge is 0.322 e. The van der Waals surface area contributed by atoms with E-state index in [4.69, 9.17) is 0 Å². The Morgan fingerprint density at radius 2 is 1.84 bits per heavy atom. The molecular weight excluding hydrogens is 478 g/mol. The van der Waals surface area contributed by atoms with Crippen molar-refractivity contribution in [1.82, 2.24) is 20.1 Å². The predicted molar refractivity (Wildman–Crippen MR) is 130 cm³/mol. The fourth-order valence-electron chi connectivity index (χ4n) is 5.45. The van der Waals surface area contributed by atoms with Crippen molar-refractivity contribution < 1.29 is 23.2 Å². The molecule has 7 nitrogen and oxygen atoms in total. The molecular formula is C28H24F2N4O3. The van der Waals surface area contributed by atoms with E-state index in [1.54, 1.807) is 12.3 Å². The third-order valence-corrected chi connectivity index (χ3v) is 7.41. The fourth-order valence-corrected chi connectivity index (χ4v) is 5.45. The molecule has 1 unspecified atom stereocenters. The van der Waals surface area contributed by atoms with E-state index in [0.29, 0.717) is 43.7 Å². The molecule has 0 spiro atoms. The summed E-state index contributed by atoms with van der Waals surface area (Å²) in [4.78, 5) is 45.0. The lowest BCUT2D eigenvalue weighted by molar-refractivity contribution is -0.136. The van der Waals surface area contributed by atoms with Gasteiger partial charge in [-0.1, -0.05) is 12.1 Å². The summed E-state index contributed by atoms with van der Waals surface area (Å²) in [5.74, 6) is -1.97. The highest BCUT2D eigenvalue weighted by atomic mass is 19.1. The number of carbonyl (C=O) groups excluding carboxylic acids is 3. The average molecular weight is 503 g/mol. The molecule has 9 heteroatoms. The Hall–Kier alpha value is -3.98. The molecule has 0 saturated carbocycles. The summed E-state index contributed by atoms with van der Waals surface area (Å²) in [6.45, 7) is 2.37. The number of nitrogens with zero attached hydrogens (tertiary/aromatic N) is 3. The van der Waals surface area contributed by atoms with E-state index in [0.717, 1.165) is 28.5 Å². The number of benzene rings is 2. The van der Waals surface area contributed by atoms with E-state index in [-0.39, 0.29) is 24.2 Å². The summed E-state index contributed by atoms with van der Waals surface area (Å²) in [5.41, 5.74) is 4.63. The number of hydrogen-bond acceptors (Lipinski definition) is 5. The highest BCUT2D eigenvalue weighted by Gasteiger charge is 2.39. The maximum atomic E-state index is 14.1. The number of nitrogens with one attached hydrogen (secondary N) is 1. The van der Waals surface area contributed by atoms with Crippen LogP contribution in [0.5, 0.6) is 0 Å². The molecule has 1 N–H and O–H groups in total. The summed E-state index contributed by atoms with van der Waals surface area (Å²) in [6.07, 6.45) is 2.29. The van der Waals surface area contributed by atoms with Gasteiger partial charge in [0.15, 0.2) is 0 Å². The molecule has 2 saturated heterocycles. The van der Waals surface area contributed by atoms with E-state index in [1.165, 1.54) is 17.0 Å². The Kier molecular flexibility index (Phi) is 5.79. The number of piperidine rings is 1. The molecule has 4 heterocycles. The molecule has 6 rings (SSSR count). The van der Waals surface area contributed by atoms with Gasteiger partial charge in [0.2, 0.25) is 11.8 Å². The molecule has 3 aliphatic rings. The van der Waals surface area contributed by atoms with Gasteiger partial charge < -0.3 is 4.90 Å². The van der Waals surface area contributed by atoms with Gasteiger partial charge in [0.1, 0.15) is 17.7 Å². The predicted octanol–water partition coefficient (Wildman–Crippen LogP) is 3.39. The molecule has 2 fully saturated rings. The lowest BCUT2D eigenvalue weighted by Gasteiger charge is -2.39. The van der Waals surface area contributed by atoms with Gasteiger partial charge in [0.25, 0.3) is 5.91 Å². The second-order valence-electron chi connectivity index (χ2n) is 9.88. The van der Waals surface area contributed by atoms with Crippen LogP contribution in [-0.2, 0) is 22.7 Å². The second kappa shape index (κ2) is 9.15. The van der Waals surface area contributed by atoms with E-state index in [1.807, 2.05) is 24.3 Å². The Balaban J connectivity index is 1.14. The van der Waals surface area contributed by atoms with Crippen LogP contribution >= 0.6 is 0 Å². The van der Waals surface area contributed by atoms with Crippen LogP contribution in [-0.4, -0.2) is 51.6 Å².